The highest BCUT2D eigenvalue weighted by atomic mass is 35.5. The topological polar surface area (TPSA) is 37.4 Å². The molecule has 1 aromatic rings. The number of likely N-dealkylation sites (tertiary alicyclic amines) is 1. The Hall–Kier alpha value is -0.580. The van der Waals surface area contributed by atoms with Crippen LogP contribution in [0, 0.1) is 5.41 Å². The quantitative estimate of drug-likeness (QED) is 0.844. The number of sulfone groups is 1. The van der Waals surface area contributed by atoms with E-state index < -0.39 is 9.84 Å². The van der Waals surface area contributed by atoms with Crippen LogP contribution in [0.2, 0.25) is 5.02 Å². The fourth-order valence-electron chi connectivity index (χ4n) is 4.00. The molecule has 122 valence electrons. The van der Waals surface area contributed by atoms with Gasteiger partial charge in [0.15, 0.2) is 9.84 Å². The third kappa shape index (κ3) is 3.84. The summed E-state index contributed by atoms with van der Waals surface area (Å²) in [7, 11) is -2.79. The molecule has 0 aliphatic carbocycles. The van der Waals surface area contributed by atoms with Crippen LogP contribution < -0.4 is 0 Å². The van der Waals surface area contributed by atoms with Crippen molar-refractivity contribution in [3.05, 3.63) is 34.9 Å². The molecular weight excluding hydrogens is 318 g/mol. The maximum absolute atomic E-state index is 11.8. The molecule has 1 aromatic carbocycles. The Morgan fingerprint density at radius 3 is 2.77 bits per heavy atom. The van der Waals surface area contributed by atoms with Crippen LogP contribution in [-0.4, -0.2) is 44.5 Å². The minimum atomic E-state index is -2.79. The standard InChI is InChI=1S/C17H24ClNO2S/c18-16-7-2-1-5-15(16)6-3-10-19-11-4-8-17(13-19)9-12-22(20,21)14-17/h1-2,5,7H,3-4,6,8-14H2. The van der Waals surface area contributed by atoms with E-state index in [9.17, 15) is 8.42 Å². The van der Waals surface area contributed by atoms with Gasteiger partial charge in [0.05, 0.1) is 11.5 Å². The molecule has 2 fully saturated rings. The van der Waals surface area contributed by atoms with Crippen molar-refractivity contribution in [1.82, 2.24) is 4.90 Å². The van der Waals surface area contributed by atoms with Crippen LogP contribution in [0.3, 0.4) is 0 Å². The number of benzene rings is 1. The third-order valence-corrected chi connectivity index (χ3v) is 7.34. The minimum absolute atomic E-state index is 0.0431. The normalized spacial score (nSPS) is 28.2. The summed E-state index contributed by atoms with van der Waals surface area (Å²) in [4.78, 5) is 2.46. The highest BCUT2D eigenvalue weighted by Gasteiger charge is 2.44. The fourth-order valence-corrected chi connectivity index (χ4v) is 6.43. The average molecular weight is 342 g/mol. The summed E-state index contributed by atoms with van der Waals surface area (Å²) in [6, 6.07) is 8.01. The van der Waals surface area contributed by atoms with E-state index >= 15 is 0 Å². The van der Waals surface area contributed by atoms with E-state index in [0.717, 1.165) is 56.8 Å². The predicted molar refractivity (Wildman–Crippen MR) is 91.2 cm³/mol. The van der Waals surface area contributed by atoms with E-state index in [-0.39, 0.29) is 5.41 Å². The van der Waals surface area contributed by atoms with Gasteiger partial charge in [-0.15, -0.1) is 0 Å². The van der Waals surface area contributed by atoms with Gasteiger partial charge in [-0.3, -0.25) is 0 Å². The lowest BCUT2D eigenvalue weighted by Crippen LogP contribution is -2.44. The summed E-state index contributed by atoms with van der Waals surface area (Å²) in [5.74, 6) is 0.793. The zero-order chi connectivity index (χ0) is 15.6. The Balaban J connectivity index is 1.52. The van der Waals surface area contributed by atoms with Gasteiger partial charge in [0, 0.05) is 11.6 Å². The number of halogens is 1. The first kappa shape index (κ1) is 16.3. The van der Waals surface area contributed by atoms with Crippen LogP contribution in [0.15, 0.2) is 24.3 Å². The number of aryl methyl sites for hydroxylation is 1. The molecule has 1 spiro atoms. The van der Waals surface area contributed by atoms with Crippen molar-refractivity contribution in [2.24, 2.45) is 5.41 Å². The lowest BCUT2D eigenvalue weighted by atomic mass is 9.79. The van der Waals surface area contributed by atoms with Crippen LogP contribution in [-0.2, 0) is 16.3 Å². The SMILES string of the molecule is O=S1(=O)CCC2(CCCN(CCCc3ccccc3Cl)C2)C1. The first-order chi connectivity index (χ1) is 10.5. The highest BCUT2D eigenvalue weighted by Crippen LogP contribution is 2.40. The molecule has 22 heavy (non-hydrogen) atoms. The van der Waals surface area contributed by atoms with Crippen LogP contribution >= 0.6 is 11.6 Å². The van der Waals surface area contributed by atoms with Crippen LogP contribution in [0.1, 0.15) is 31.2 Å². The maximum atomic E-state index is 11.8. The summed E-state index contributed by atoms with van der Waals surface area (Å²) in [6.07, 6.45) is 5.12. The van der Waals surface area contributed by atoms with E-state index in [1.54, 1.807) is 0 Å². The van der Waals surface area contributed by atoms with Gasteiger partial charge in [-0.1, -0.05) is 29.8 Å². The molecule has 2 aliphatic rings. The zero-order valence-corrected chi connectivity index (χ0v) is 14.5. The number of nitrogens with zero attached hydrogens (tertiary/aromatic N) is 1. The molecule has 1 unspecified atom stereocenters. The van der Waals surface area contributed by atoms with E-state index in [1.165, 1.54) is 5.56 Å². The Morgan fingerprint density at radius 2 is 2.05 bits per heavy atom. The lowest BCUT2D eigenvalue weighted by Gasteiger charge is -2.39. The zero-order valence-electron chi connectivity index (χ0n) is 12.9. The largest absolute Gasteiger partial charge is 0.303 e. The van der Waals surface area contributed by atoms with Gasteiger partial charge in [-0.25, -0.2) is 8.42 Å². The molecule has 0 bridgehead atoms. The van der Waals surface area contributed by atoms with Crippen LogP contribution in [0.25, 0.3) is 0 Å². The Morgan fingerprint density at radius 1 is 1.23 bits per heavy atom. The Bertz CT molecular complexity index is 631. The van der Waals surface area contributed by atoms with Crippen LogP contribution in [0.5, 0.6) is 0 Å². The second kappa shape index (κ2) is 6.50. The number of hydrogen-bond donors (Lipinski definition) is 0. The van der Waals surface area contributed by atoms with Crippen LogP contribution in [0.4, 0.5) is 0 Å². The fraction of sp³-hybridized carbons (Fsp3) is 0.647. The molecule has 0 N–H and O–H groups in total. The van der Waals surface area contributed by atoms with Crippen molar-refractivity contribution in [3.63, 3.8) is 0 Å². The van der Waals surface area contributed by atoms with E-state index in [1.807, 2.05) is 18.2 Å². The van der Waals surface area contributed by atoms with Crippen molar-refractivity contribution < 1.29 is 8.42 Å². The van der Waals surface area contributed by atoms with Crippen molar-refractivity contribution in [2.75, 3.05) is 31.1 Å². The van der Waals surface area contributed by atoms with Gasteiger partial charge in [0.25, 0.3) is 0 Å². The number of piperidine rings is 1. The second-order valence-electron chi connectivity index (χ2n) is 6.92. The molecule has 3 nitrogen and oxygen atoms in total. The summed E-state index contributed by atoms with van der Waals surface area (Å²) >= 11 is 6.20. The number of hydrogen-bond acceptors (Lipinski definition) is 3. The monoisotopic (exact) mass is 341 g/mol. The van der Waals surface area contributed by atoms with Gasteiger partial charge < -0.3 is 4.90 Å². The second-order valence-corrected chi connectivity index (χ2v) is 9.51. The Labute approximate surface area is 138 Å². The summed E-state index contributed by atoms with van der Waals surface area (Å²) in [6.45, 7) is 3.09. The van der Waals surface area contributed by atoms with Gasteiger partial charge in [0.1, 0.15) is 0 Å². The molecule has 2 heterocycles. The van der Waals surface area contributed by atoms with E-state index in [4.69, 9.17) is 11.6 Å². The van der Waals surface area contributed by atoms with Gasteiger partial charge in [-0.05, 0) is 62.2 Å². The van der Waals surface area contributed by atoms with Crippen molar-refractivity contribution >= 4 is 21.4 Å². The van der Waals surface area contributed by atoms with Crippen molar-refractivity contribution in [1.29, 1.82) is 0 Å². The van der Waals surface area contributed by atoms with E-state index in [0.29, 0.717) is 11.5 Å². The molecule has 0 saturated carbocycles. The van der Waals surface area contributed by atoms with E-state index in [2.05, 4.69) is 11.0 Å². The lowest BCUT2D eigenvalue weighted by molar-refractivity contribution is 0.107. The summed E-state index contributed by atoms with van der Waals surface area (Å²) in [5, 5.41) is 0.847. The molecule has 2 aliphatic heterocycles. The molecule has 0 amide bonds. The van der Waals surface area contributed by atoms with Gasteiger partial charge >= 0.3 is 0 Å². The average Bonchev–Trinajstić information content (AvgIpc) is 2.76. The molecule has 0 aromatic heterocycles. The maximum Gasteiger partial charge on any atom is 0.150 e. The van der Waals surface area contributed by atoms with Crippen molar-refractivity contribution in [3.8, 4) is 0 Å². The molecule has 3 rings (SSSR count). The molecule has 1 atom stereocenters. The first-order valence-corrected chi connectivity index (χ1v) is 10.3. The van der Waals surface area contributed by atoms with Crippen molar-refractivity contribution in [2.45, 2.75) is 32.1 Å². The smallest absolute Gasteiger partial charge is 0.150 e. The molecule has 2 saturated heterocycles. The summed E-state index contributed by atoms with van der Waals surface area (Å²) in [5.41, 5.74) is 1.25. The highest BCUT2D eigenvalue weighted by molar-refractivity contribution is 7.91. The van der Waals surface area contributed by atoms with Gasteiger partial charge in [-0.2, -0.15) is 0 Å². The van der Waals surface area contributed by atoms with Gasteiger partial charge in [0.2, 0.25) is 0 Å². The predicted octanol–water partition coefficient (Wildman–Crippen LogP) is 3.17. The third-order valence-electron chi connectivity index (χ3n) is 5.09. The molecule has 0 radical (unpaired) electrons. The minimum Gasteiger partial charge on any atom is -0.303 e. The Kier molecular flexibility index (Phi) is 4.81. The molecular formula is C17H24ClNO2S. The number of rotatable bonds is 4. The first-order valence-electron chi connectivity index (χ1n) is 8.14. The molecule has 5 heteroatoms. The summed E-state index contributed by atoms with van der Waals surface area (Å²) < 4.78 is 23.6.